The van der Waals surface area contributed by atoms with Crippen molar-refractivity contribution in [1.29, 1.82) is 0 Å². The van der Waals surface area contributed by atoms with Crippen LogP contribution < -0.4 is 10.2 Å². The molecule has 0 amide bonds. The number of nitrogens with one attached hydrogen (secondary N) is 1. The second kappa shape index (κ2) is 4.92. The molecule has 2 aliphatic heterocycles. The fraction of sp³-hybridized carbons (Fsp3) is 0.267. The zero-order valence-electron chi connectivity index (χ0n) is 10.9. The molecule has 1 aromatic carbocycles. The van der Waals surface area contributed by atoms with Gasteiger partial charge in [0.1, 0.15) is 5.76 Å². The Hall–Kier alpha value is -2.43. The fourth-order valence-electron chi connectivity index (χ4n) is 2.92. The number of rotatable bonds is 3. The topological polar surface area (TPSA) is 72.8 Å². The van der Waals surface area contributed by atoms with Gasteiger partial charge in [0.2, 0.25) is 0 Å². The number of carboxylic acid groups (broad SMARTS) is 1. The summed E-state index contributed by atoms with van der Waals surface area (Å²) in [4.78, 5) is 12.8. The zero-order chi connectivity index (χ0) is 14.1. The van der Waals surface area contributed by atoms with Crippen molar-refractivity contribution in [3.63, 3.8) is 0 Å². The Morgan fingerprint density at radius 3 is 2.65 bits per heavy atom. The Labute approximate surface area is 116 Å². The highest BCUT2D eigenvalue weighted by molar-refractivity contribution is 5.80. The van der Waals surface area contributed by atoms with Crippen LogP contribution in [0, 0.1) is 0 Å². The molecule has 5 heteroatoms. The van der Waals surface area contributed by atoms with E-state index in [-0.39, 0.29) is 11.8 Å². The van der Waals surface area contributed by atoms with Gasteiger partial charge in [0.05, 0.1) is 11.7 Å². The van der Waals surface area contributed by atoms with Crippen molar-refractivity contribution in [2.75, 3.05) is 11.4 Å². The molecular weight excluding hydrogens is 256 g/mol. The highest BCUT2D eigenvalue weighted by Crippen LogP contribution is 2.35. The lowest BCUT2D eigenvalue weighted by Gasteiger charge is -2.32. The van der Waals surface area contributed by atoms with Crippen LogP contribution in [-0.2, 0) is 4.79 Å². The predicted molar refractivity (Wildman–Crippen MR) is 75.5 cm³/mol. The Bertz CT molecular complexity index is 580. The van der Waals surface area contributed by atoms with Crippen molar-refractivity contribution in [1.82, 2.24) is 5.32 Å². The van der Waals surface area contributed by atoms with Crippen molar-refractivity contribution in [3.8, 4) is 0 Å². The number of hydrogen-bond donors (Lipinski definition) is 3. The lowest BCUT2D eigenvalue weighted by Crippen LogP contribution is -2.42. The lowest BCUT2D eigenvalue weighted by molar-refractivity contribution is -0.131. The minimum Gasteiger partial charge on any atom is -0.506 e. The van der Waals surface area contributed by atoms with Crippen LogP contribution in [0.25, 0.3) is 0 Å². The van der Waals surface area contributed by atoms with E-state index >= 15 is 0 Å². The predicted octanol–water partition coefficient (Wildman–Crippen LogP) is 1.65. The molecule has 2 heterocycles. The minimum atomic E-state index is -1.07. The quantitative estimate of drug-likeness (QED) is 0.576. The molecule has 0 unspecified atom stereocenters. The second-order valence-corrected chi connectivity index (χ2v) is 5.05. The molecule has 104 valence electrons. The van der Waals surface area contributed by atoms with E-state index < -0.39 is 5.97 Å². The van der Waals surface area contributed by atoms with E-state index in [1.165, 1.54) is 6.08 Å². The summed E-state index contributed by atoms with van der Waals surface area (Å²) in [5.74, 6) is -1.07. The molecule has 20 heavy (non-hydrogen) atoms. The van der Waals surface area contributed by atoms with Gasteiger partial charge in [0.15, 0.2) is 0 Å². The largest absolute Gasteiger partial charge is 0.506 e. The number of nitrogens with zero attached hydrogens (tertiary/aromatic N) is 1. The van der Waals surface area contributed by atoms with Gasteiger partial charge < -0.3 is 20.4 Å². The number of anilines is 1. The Kier molecular flexibility index (Phi) is 3.10. The number of fused-ring (bicyclic) bond motifs is 2. The van der Waals surface area contributed by atoms with Crippen LogP contribution in [0.2, 0.25) is 0 Å². The van der Waals surface area contributed by atoms with Gasteiger partial charge >= 0.3 is 5.97 Å². The van der Waals surface area contributed by atoms with Gasteiger partial charge in [-0.05, 0) is 24.6 Å². The SMILES string of the molecule is O=C(O)/C=C/C(O)=C1\N[C@H]2C[C@@H]1N(c1ccccc1)C2. The zero-order valence-corrected chi connectivity index (χ0v) is 10.9. The third-order valence-corrected chi connectivity index (χ3v) is 3.74. The number of aliphatic hydroxyl groups is 1. The van der Waals surface area contributed by atoms with Crippen LogP contribution in [0.5, 0.6) is 0 Å². The van der Waals surface area contributed by atoms with E-state index in [2.05, 4.69) is 10.2 Å². The van der Waals surface area contributed by atoms with E-state index in [4.69, 9.17) is 5.11 Å². The van der Waals surface area contributed by atoms with Crippen molar-refractivity contribution < 1.29 is 15.0 Å². The normalized spacial score (nSPS) is 26.9. The smallest absolute Gasteiger partial charge is 0.328 e. The van der Waals surface area contributed by atoms with E-state index in [0.717, 1.165) is 24.7 Å². The number of allylic oxidation sites excluding steroid dienone is 1. The molecule has 3 rings (SSSR count). The van der Waals surface area contributed by atoms with Gasteiger partial charge in [0, 0.05) is 24.4 Å². The number of carbonyl (C=O) groups is 1. The summed E-state index contributed by atoms with van der Waals surface area (Å²) in [6, 6.07) is 10.4. The lowest BCUT2D eigenvalue weighted by atomic mass is 10.1. The minimum absolute atomic E-state index is 0.000492. The third-order valence-electron chi connectivity index (χ3n) is 3.74. The molecule has 1 aromatic rings. The van der Waals surface area contributed by atoms with E-state index in [9.17, 15) is 9.90 Å². The van der Waals surface area contributed by atoms with Crippen molar-refractivity contribution in [2.45, 2.75) is 18.5 Å². The molecular formula is C15H16N2O3. The third kappa shape index (κ3) is 2.22. The first-order chi connectivity index (χ1) is 9.65. The number of para-hydroxylation sites is 1. The number of aliphatic carboxylic acids is 1. The molecule has 0 aromatic heterocycles. The number of carboxylic acids is 1. The van der Waals surface area contributed by atoms with Gasteiger partial charge in [-0.3, -0.25) is 0 Å². The van der Waals surface area contributed by atoms with Crippen LogP contribution in [0.15, 0.2) is 53.9 Å². The van der Waals surface area contributed by atoms with Gasteiger partial charge in [0.25, 0.3) is 0 Å². The highest BCUT2D eigenvalue weighted by atomic mass is 16.4. The van der Waals surface area contributed by atoms with Gasteiger partial charge in [-0.1, -0.05) is 18.2 Å². The molecule has 3 N–H and O–H groups in total. The summed E-state index contributed by atoms with van der Waals surface area (Å²) in [7, 11) is 0. The first-order valence-electron chi connectivity index (χ1n) is 6.57. The maximum Gasteiger partial charge on any atom is 0.328 e. The van der Waals surface area contributed by atoms with Crippen molar-refractivity contribution in [2.24, 2.45) is 0 Å². The van der Waals surface area contributed by atoms with Crippen molar-refractivity contribution >= 4 is 11.7 Å². The standard InChI is InChI=1S/C15H16N2O3/c18-13(6-7-14(19)20)15-12-8-10(16-15)9-17(12)11-4-2-1-3-5-11/h1-7,10,12,16,18H,8-9H2,(H,19,20)/b7-6+,15-13+/t10-,12-/m0/s1. The Morgan fingerprint density at radius 1 is 1.25 bits per heavy atom. The van der Waals surface area contributed by atoms with Gasteiger partial charge in [-0.2, -0.15) is 0 Å². The first-order valence-corrected chi connectivity index (χ1v) is 6.57. The van der Waals surface area contributed by atoms with Crippen LogP contribution in [0.3, 0.4) is 0 Å². The van der Waals surface area contributed by atoms with Crippen LogP contribution in [0.1, 0.15) is 6.42 Å². The number of aliphatic hydroxyl groups excluding tert-OH is 1. The maximum atomic E-state index is 10.5. The first kappa shape index (κ1) is 12.6. The monoisotopic (exact) mass is 272 g/mol. The molecule has 5 nitrogen and oxygen atoms in total. The molecule has 2 atom stereocenters. The molecule has 2 aliphatic rings. The van der Waals surface area contributed by atoms with Gasteiger partial charge in [-0.25, -0.2) is 4.79 Å². The number of benzene rings is 1. The summed E-state index contributed by atoms with van der Waals surface area (Å²) in [5.41, 5.74) is 1.83. The summed E-state index contributed by atoms with van der Waals surface area (Å²) >= 11 is 0. The second-order valence-electron chi connectivity index (χ2n) is 5.05. The van der Waals surface area contributed by atoms with E-state index in [1.54, 1.807) is 0 Å². The van der Waals surface area contributed by atoms with Crippen molar-refractivity contribution in [3.05, 3.63) is 53.9 Å². The van der Waals surface area contributed by atoms with Gasteiger partial charge in [-0.15, -0.1) is 0 Å². The summed E-state index contributed by atoms with van der Waals surface area (Å²) in [6.07, 6.45) is 3.10. The number of hydrogen-bond acceptors (Lipinski definition) is 4. The average molecular weight is 272 g/mol. The molecule has 2 bridgehead atoms. The molecule has 0 spiro atoms. The van der Waals surface area contributed by atoms with Crippen LogP contribution >= 0.6 is 0 Å². The van der Waals surface area contributed by atoms with Crippen LogP contribution in [-0.4, -0.2) is 34.8 Å². The van der Waals surface area contributed by atoms with E-state index in [1.807, 2.05) is 30.3 Å². The molecule has 2 fully saturated rings. The van der Waals surface area contributed by atoms with Crippen LogP contribution in [0.4, 0.5) is 5.69 Å². The fourth-order valence-corrected chi connectivity index (χ4v) is 2.92. The average Bonchev–Trinajstić information content (AvgIpc) is 3.05. The molecule has 2 saturated heterocycles. The summed E-state index contributed by atoms with van der Waals surface area (Å²) in [6.45, 7) is 0.897. The summed E-state index contributed by atoms with van der Waals surface area (Å²) < 4.78 is 0. The Balaban J connectivity index is 1.87. The van der Waals surface area contributed by atoms with E-state index in [0.29, 0.717) is 11.7 Å². The maximum absolute atomic E-state index is 10.5. The molecule has 0 saturated carbocycles. The molecule has 0 radical (unpaired) electrons. The Morgan fingerprint density at radius 2 is 2.00 bits per heavy atom. The summed E-state index contributed by atoms with van der Waals surface area (Å²) in [5, 5.41) is 21.9. The highest BCUT2D eigenvalue weighted by Gasteiger charge is 2.42. The molecule has 0 aliphatic carbocycles. The number of piperazine rings is 1.